The van der Waals surface area contributed by atoms with Gasteiger partial charge in [-0.15, -0.1) is 0 Å². The first-order valence-electron chi connectivity index (χ1n) is 5.77. The molecule has 1 aromatic carbocycles. The van der Waals surface area contributed by atoms with Crippen molar-refractivity contribution in [1.29, 1.82) is 0 Å². The Morgan fingerprint density at radius 2 is 2.11 bits per heavy atom. The molecule has 7 heteroatoms. The molecule has 1 unspecified atom stereocenters. The topological polar surface area (TPSA) is 61.4 Å². The highest BCUT2D eigenvalue weighted by molar-refractivity contribution is 6.00. The van der Waals surface area contributed by atoms with E-state index in [1.165, 1.54) is 4.90 Å². The minimum Gasteiger partial charge on any atom is -0.349 e. The molecule has 0 bridgehead atoms. The zero-order chi connectivity index (χ0) is 13.8. The van der Waals surface area contributed by atoms with Gasteiger partial charge < -0.3 is 10.6 Å². The van der Waals surface area contributed by atoms with E-state index in [9.17, 15) is 18.4 Å². The maximum atomic E-state index is 12.0. The summed E-state index contributed by atoms with van der Waals surface area (Å²) in [6.07, 6.45) is -2.61. The van der Waals surface area contributed by atoms with E-state index in [-0.39, 0.29) is 6.54 Å². The number of carbonyl (C=O) groups is 2. The molecule has 2 rings (SSSR count). The van der Waals surface area contributed by atoms with Crippen molar-refractivity contribution in [3.63, 3.8) is 0 Å². The van der Waals surface area contributed by atoms with Gasteiger partial charge in [-0.2, -0.15) is 0 Å². The van der Waals surface area contributed by atoms with Gasteiger partial charge in [-0.1, -0.05) is 18.2 Å². The van der Waals surface area contributed by atoms with Crippen molar-refractivity contribution < 1.29 is 18.4 Å². The first kappa shape index (κ1) is 13.3. The summed E-state index contributed by atoms with van der Waals surface area (Å²) in [5, 5.41) is 4.54. The number of hydrogen-bond acceptors (Lipinski definition) is 2. The molecule has 0 aliphatic carbocycles. The van der Waals surface area contributed by atoms with Crippen LogP contribution in [-0.4, -0.2) is 37.5 Å². The minimum absolute atomic E-state index is 0.123. The molecule has 0 aromatic heterocycles. The molecule has 1 aliphatic heterocycles. The summed E-state index contributed by atoms with van der Waals surface area (Å²) >= 11 is 0. The lowest BCUT2D eigenvalue weighted by Gasteiger charge is -2.14. The highest BCUT2D eigenvalue weighted by atomic mass is 19.3. The third kappa shape index (κ3) is 3.18. The number of hydrogen-bond donors (Lipinski definition) is 2. The van der Waals surface area contributed by atoms with Crippen molar-refractivity contribution in [1.82, 2.24) is 10.6 Å². The Labute approximate surface area is 108 Å². The van der Waals surface area contributed by atoms with Crippen LogP contribution >= 0.6 is 0 Å². The largest absolute Gasteiger partial charge is 0.349 e. The number of rotatable bonds is 4. The van der Waals surface area contributed by atoms with Gasteiger partial charge in [0.2, 0.25) is 5.91 Å². The van der Waals surface area contributed by atoms with E-state index < -0.39 is 31.0 Å². The van der Waals surface area contributed by atoms with Gasteiger partial charge in [0.15, 0.2) is 0 Å². The second kappa shape index (κ2) is 5.64. The number of anilines is 1. The summed E-state index contributed by atoms with van der Waals surface area (Å²) < 4.78 is 24.0. The van der Waals surface area contributed by atoms with Crippen LogP contribution in [0.2, 0.25) is 0 Å². The number of carbonyl (C=O) groups excluding carboxylic acids is 2. The number of amides is 3. The highest BCUT2D eigenvalue weighted by Crippen LogP contribution is 2.17. The Kier molecular flexibility index (Phi) is 3.94. The molecule has 2 N–H and O–H groups in total. The summed E-state index contributed by atoms with van der Waals surface area (Å²) in [7, 11) is 0. The normalized spacial score (nSPS) is 18.6. The van der Waals surface area contributed by atoms with Crippen LogP contribution in [-0.2, 0) is 4.79 Å². The second-order valence-corrected chi connectivity index (χ2v) is 4.08. The van der Waals surface area contributed by atoms with Crippen molar-refractivity contribution in [2.75, 3.05) is 18.0 Å². The summed E-state index contributed by atoms with van der Waals surface area (Å²) in [5.74, 6) is -0.605. The average molecular weight is 269 g/mol. The summed E-state index contributed by atoms with van der Waals surface area (Å²) in [6.45, 7) is -0.589. The monoisotopic (exact) mass is 269 g/mol. The smallest absolute Gasteiger partial charge is 0.322 e. The molecule has 0 spiro atoms. The molecule has 1 heterocycles. The SMILES string of the molecule is O=C(NCC(F)F)C1CN(c2ccccc2)C(=O)N1. The standard InChI is InChI=1S/C12H13F2N3O2/c13-10(14)6-15-11(18)9-7-17(12(19)16-9)8-4-2-1-3-5-8/h1-5,9-10H,6-7H2,(H,15,18)(H,16,19). The molecule has 1 aliphatic rings. The number of benzene rings is 1. The van der Waals surface area contributed by atoms with Gasteiger partial charge in [0.1, 0.15) is 6.04 Å². The molecule has 1 saturated heterocycles. The van der Waals surface area contributed by atoms with Gasteiger partial charge in [-0.3, -0.25) is 9.69 Å². The molecule has 1 atom stereocenters. The highest BCUT2D eigenvalue weighted by Gasteiger charge is 2.34. The van der Waals surface area contributed by atoms with Gasteiger partial charge in [0.25, 0.3) is 6.43 Å². The molecule has 5 nitrogen and oxygen atoms in total. The van der Waals surface area contributed by atoms with Crippen molar-refractivity contribution in [2.24, 2.45) is 0 Å². The lowest BCUT2D eigenvalue weighted by Crippen LogP contribution is -2.44. The molecular formula is C12H13F2N3O2. The molecule has 1 aromatic rings. The summed E-state index contributed by atoms with van der Waals surface area (Å²) in [4.78, 5) is 24.7. The van der Waals surface area contributed by atoms with Crippen LogP contribution < -0.4 is 15.5 Å². The van der Waals surface area contributed by atoms with Crippen LogP contribution in [0.15, 0.2) is 30.3 Å². The number of para-hydroxylation sites is 1. The third-order valence-electron chi connectivity index (χ3n) is 2.72. The van der Waals surface area contributed by atoms with E-state index in [4.69, 9.17) is 0 Å². The molecule has 0 radical (unpaired) electrons. The predicted molar refractivity (Wildman–Crippen MR) is 65.1 cm³/mol. The number of halogens is 2. The number of urea groups is 1. The van der Waals surface area contributed by atoms with Gasteiger partial charge in [0, 0.05) is 5.69 Å². The Hall–Kier alpha value is -2.18. The number of alkyl halides is 2. The molecule has 1 fully saturated rings. The fourth-order valence-corrected chi connectivity index (χ4v) is 1.82. The van der Waals surface area contributed by atoms with E-state index in [1.54, 1.807) is 24.3 Å². The zero-order valence-electron chi connectivity index (χ0n) is 9.98. The van der Waals surface area contributed by atoms with Gasteiger partial charge in [0.05, 0.1) is 13.1 Å². The van der Waals surface area contributed by atoms with E-state index in [2.05, 4.69) is 10.6 Å². The lowest BCUT2D eigenvalue weighted by atomic mass is 10.2. The molecule has 19 heavy (non-hydrogen) atoms. The van der Waals surface area contributed by atoms with Crippen LogP contribution in [0.3, 0.4) is 0 Å². The van der Waals surface area contributed by atoms with E-state index in [1.807, 2.05) is 6.07 Å². The molecule has 3 amide bonds. The summed E-state index contributed by atoms with van der Waals surface area (Å²) in [5.41, 5.74) is 0.657. The van der Waals surface area contributed by atoms with Crippen molar-refractivity contribution in [3.8, 4) is 0 Å². The quantitative estimate of drug-likeness (QED) is 0.855. The predicted octanol–water partition coefficient (Wildman–Crippen LogP) is 0.966. The van der Waals surface area contributed by atoms with Crippen LogP contribution in [0, 0.1) is 0 Å². The van der Waals surface area contributed by atoms with E-state index in [0.29, 0.717) is 5.69 Å². The maximum Gasteiger partial charge on any atom is 0.322 e. The van der Waals surface area contributed by atoms with E-state index in [0.717, 1.165) is 0 Å². The number of nitrogens with zero attached hydrogens (tertiary/aromatic N) is 1. The third-order valence-corrected chi connectivity index (χ3v) is 2.72. The van der Waals surface area contributed by atoms with Crippen LogP contribution in [0.1, 0.15) is 0 Å². The van der Waals surface area contributed by atoms with Crippen molar-refractivity contribution >= 4 is 17.6 Å². The Morgan fingerprint density at radius 3 is 2.74 bits per heavy atom. The van der Waals surface area contributed by atoms with Gasteiger partial charge in [-0.05, 0) is 12.1 Å². The van der Waals surface area contributed by atoms with Crippen molar-refractivity contribution in [3.05, 3.63) is 30.3 Å². The first-order valence-corrected chi connectivity index (χ1v) is 5.77. The first-order chi connectivity index (χ1) is 9.08. The van der Waals surface area contributed by atoms with Crippen LogP contribution in [0.4, 0.5) is 19.3 Å². The number of nitrogens with one attached hydrogen (secondary N) is 2. The van der Waals surface area contributed by atoms with Gasteiger partial charge in [-0.25, -0.2) is 13.6 Å². The molecule has 0 saturated carbocycles. The fourth-order valence-electron chi connectivity index (χ4n) is 1.82. The molecular weight excluding hydrogens is 256 g/mol. The maximum absolute atomic E-state index is 12.0. The van der Waals surface area contributed by atoms with E-state index >= 15 is 0 Å². The Morgan fingerprint density at radius 1 is 1.42 bits per heavy atom. The lowest BCUT2D eigenvalue weighted by molar-refractivity contribution is -0.123. The van der Waals surface area contributed by atoms with Gasteiger partial charge >= 0.3 is 6.03 Å². The molecule has 102 valence electrons. The average Bonchev–Trinajstić information content (AvgIpc) is 2.79. The minimum atomic E-state index is -2.61. The van der Waals surface area contributed by atoms with Crippen molar-refractivity contribution in [2.45, 2.75) is 12.5 Å². The summed E-state index contributed by atoms with van der Waals surface area (Å²) in [6, 6.07) is 7.59. The van der Waals surface area contributed by atoms with Crippen LogP contribution in [0.25, 0.3) is 0 Å². The Balaban J connectivity index is 1.98. The Bertz CT molecular complexity index is 467. The second-order valence-electron chi connectivity index (χ2n) is 4.08. The van der Waals surface area contributed by atoms with Crippen LogP contribution in [0.5, 0.6) is 0 Å². The fraction of sp³-hybridized carbons (Fsp3) is 0.333. The zero-order valence-corrected chi connectivity index (χ0v) is 9.98.